The Hall–Kier alpha value is -1.69. The van der Waals surface area contributed by atoms with E-state index in [-0.39, 0.29) is 12.2 Å². The molecule has 0 saturated heterocycles. The molecule has 0 bridgehead atoms. The molecule has 0 unspecified atom stereocenters. The topological polar surface area (TPSA) is 83.8 Å². The summed E-state index contributed by atoms with van der Waals surface area (Å²) in [4.78, 5) is 21.9. The lowest BCUT2D eigenvalue weighted by atomic mass is 10.5. The molecule has 0 aliphatic heterocycles. The van der Waals surface area contributed by atoms with E-state index in [1.165, 1.54) is 6.33 Å². The van der Waals surface area contributed by atoms with Gasteiger partial charge in [0.15, 0.2) is 11.2 Å². The van der Waals surface area contributed by atoms with Gasteiger partial charge in [0.2, 0.25) is 0 Å². The maximum atomic E-state index is 11.3. The van der Waals surface area contributed by atoms with Crippen molar-refractivity contribution in [2.24, 2.45) is 0 Å². The van der Waals surface area contributed by atoms with Crippen LogP contribution in [0.3, 0.4) is 0 Å². The molecule has 6 heteroatoms. The molecular formula is C8H10N4O2. The van der Waals surface area contributed by atoms with Crippen molar-refractivity contribution in [3.8, 4) is 0 Å². The molecule has 0 atom stereocenters. The third-order valence-corrected chi connectivity index (χ3v) is 2.05. The molecule has 2 aromatic rings. The molecule has 2 aromatic heterocycles. The number of fused-ring (bicyclic) bond motifs is 1. The number of imidazole rings is 1. The van der Waals surface area contributed by atoms with Crippen LogP contribution in [-0.4, -0.2) is 31.2 Å². The van der Waals surface area contributed by atoms with Gasteiger partial charge in [0, 0.05) is 6.54 Å². The Morgan fingerprint density at radius 3 is 3.14 bits per heavy atom. The lowest BCUT2D eigenvalue weighted by Gasteiger charge is -2.01. The van der Waals surface area contributed by atoms with Gasteiger partial charge in [-0.3, -0.25) is 4.79 Å². The zero-order valence-electron chi connectivity index (χ0n) is 7.69. The minimum absolute atomic E-state index is 0.000773. The number of aryl methyl sites for hydroxylation is 1. The highest BCUT2D eigenvalue weighted by molar-refractivity contribution is 5.69. The summed E-state index contributed by atoms with van der Waals surface area (Å²) in [5, 5.41) is 8.83. The smallest absolute Gasteiger partial charge is 0.278 e. The number of nitrogens with one attached hydrogen (secondary N) is 1. The minimum atomic E-state index is -0.255. The van der Waals surface area contributed by atoms with Gasteiger partial charge in [-0.2, -0.15) is 0 Å². The average Bonchev–Trinajstić information content (AvgIpc) is 2.47. The van der Waals surface area contributed by atoms with Gasteiger partial charge in [-0.1, -0.05) is 0 Å². The van der Waals surface area contributed by atoms with E-state index in [9.17, 15) is 4.79 Å². The molecule has 0 spiro atoms. The number of hydrogen-bond acceptors (Lipinski definition) is 4. The molecule has 0 aliphatic rings. The standard InChI is InChI=1S/C8H10N4O2/c1-5-11-6-7(12(5)2-3-13)9-4-10-8(6)14/h4,13H,2-3H2,1H3,(H,9,10,14). The van der Waals surface area contributed by atoms with Crippen LogP contribution in [-0.2, 0) is 6.54 Å². The summed E-state index contributed by atoms with van der Waals surface area (Å²) < 4.78 is 1.71. The number of rotatable bonds is 2. The fraction of sp³-hybridized carbons (Fsp3) is 0.375. The summed E-state index contributed by atoms with van der Waals surface area (Å²) in [6.45, 7) is 2.18. The normalized spacial score (nSPS) is 11.0. The molecular weight excluding hydrogens is 184 g/mol. The first-order chi connectivity index (χ1) is 6.74. The van der Waals surface area contributed by atoms with Gasteiger partial charge in [-0.25, -0.2) is 9.97 Å². The number of hydrogen-bond donors (Lipinski definition) is 2. The Balaban J connectivity index is 2.77. The Labute approximate surface area is 79.2 Å². The summed E-state index contributed by atoms with van der Waals surface area (Å²) in [6, 6.07) is 0. The van der Waals surface area contributed by atoms with Crippen molar-refractivity contribution in [3.63, 3.8) is 0 Å². The van der Waals surface area contributed by atoms with Crippen molar-refractivity contribution < 1.29 is 5.11 Å². The van der Waals surface area contributed by atoms with Gasteiger partial charge >= 0.3 is 0 Å². The molecule has 0 aromatic carbocycles. The molecule has 0 amide bonds. The fourth-order valence-electron chi connectivity index (χ4n) is 1.42. The highest BCUT2D eigenvalue weighted by Crippen LogP contribution is 2.07. The Bertz CT molecular complexity index is 514. The Morgan fingerprint density at radius 1 is 1.64 bits per heavy atom. The van der Waals surface area contributed by atoms with E-state index >= 15 is 0 Å². The van der Waals surface area contributed by atoms with Crippen LogP contribution in [0.5, 0.6) is 0 Å². The third kappa shape index (κ3) is 1.20. The van der Waals surface area contributed by atoms with Crippen LogP contribution in [0.25, 0.3) is 11.2 Å². The third-order valence-electron chi connectivity index (χ3n) is 2.05. The molecule has 2 heterocycles. The zero-order valence-corrected chi connectivity index (χ0v) is 7.69. The molecule has 2 N–H and O–H groups in total. The minimum Gasteiger partial charge on any atom is -0.395 e. The van der Waals surface area contributed by atoms with Crippen molar-refractivity contribution >= 4 is 11.2 Å². The predicted octanol–water partition coefficient (Wildman–Crippen LogP) is -0.580. The number of aromatic amines is 1. The quantitative estimate of drug-likeness (QED) is 0.670. The van der Waals surface area contributed by atoms with E-state index in [0.717, 1.165) is 0 Å². The summed E-state index contributed by atoms with van der Waals surface area (Å²) in [5.74, 6) is 0.679. The van der Waals surface area contributed by atoms with E-state index in [4.69, 9.17) is 5.11 Å². The number of H-pyrrole nitrogens is 1. The molecule has 0 radical (unpaired) electrons. The molecule has 2 rings (SSSR count). The van der Waals surface area contributed by atoms with E-state index in [1.807, 2.05) is 0 Å². The monoisotopic (exact) mass is 194 g/mol. The van der Waals surface area contributed by atoms with Gasteiger partial charge < -0.3 is 14.7 Å². The largest absolute Gasteiger partial charge is 0.395 e. The molecule has 0 fully saturated rings. The molecule has 74 valence electrons. The zero-order chi connectivity index (χ0) is 10.1. The molecule has 0 aliphatic carbocycles. The number of aromatic nitrogens is 4. The highest BCUT2D eigenvalue weighted by atomic mass is 16.3. The average molecular weight is 194 g/mol. The van der Waals surface area contributed by atoms with Gasteiger partial charge in [0.1, 0.15) is 5.82 Å². The van der Waals surface area contributed by atoms with Crippen LogP contribution in [0.1, 0.15) is 5.82 Å². The SMILES string of the molecule is Cc1nc2c(=O)[nH]cnc2n1CCO. The van der Waals surface area contributed by atoms with Crippen molar-refractivity contribution in [3.05, 3.63) is 22.5 Å². The summed E-state index contributed by atoms with van der Waals surface area (Å²) >= 11 is 0. The molecule has 0 saturated carbocycles. The summed E-state index contributed by atoms with van der Waals surface area (Å²) in [5.41, 5.74) is 0.577. The molecule has 14 heavy (non-hydrogen) atoms. The Kier molecular flexibility index (Phi) is 2.05. The lowest BCUT2D eigenvalue weighted by Crippen LogP contribution is -2.08. The first kappa shape index (κ1) is 8.89. The van der Waals surface area contributed by atoms with Crippen LogP contribution in [0.15, 0.2) is 11.1 Å². The molecule has 6 nitrogen and oxygen atoms in total. The first-order valence-electron chi connectivity index (χ1n) is 4.25. The van der Waals surface area contributed by atoms with E-state index in [2.05, 4.69) is 15.0 Å². The van der Waals surface area contributed by atoms with Crippen LogP contribution in [0.4, 0.5) is 0 Å². The van der Waals surface area contributed by atoms with E-state index in [0.29, 0.717) is 23.5 Å². The second kappa shape index (κ2) is 3.22. The first-order valence-corrected chi connectivity index (χ1v) is 4.25. The van der Waals surface area contributed by atoms with Crippen molar-refractivity contribution in [1.82, 2.24) is 19.5 Å². The number of nitrogens with zero attached hydrogens (tertiary/aromatic N) is 3. The van der Waals surface area contributed by atoms with Gasteiger partial charge in [0.05, 0.1) is 12.9 Å². The Morgan fingerprint density at radius 2 is 2.43 bits per heavy atom. The van der Waals surface area contributed by atoms with Crippen LogP contribution >= 0.6 is 0 Å². The summed E-state index contributed by atoms with van der Waals surface area (Å²) in [6.07, 6.45) is 1.33. The van der Waals surface area contributed by atoms with Crippen LogP contribution in [0, 0.1) is 6.92 Å². The maximum Gasteiger partial charge on any atom is 0.278 e. The van der Waals surface area contributed by atoms with Crippen molar-refractivity contribution in [2.75, 3.05) is 6.61 Å². The van der Waals surface area contributed by atoms with Crippen molar-refractivity contribution in [2.45, 2.75) is 13.5 Å². The van der Waals surface area contributed by atoms with Crippen molar-refractivity contribution in [1.29, 1.82) is 0 Å². The van der Waals surface area contributed by atoms with Gasteiger partial charge in [-0.15, -0.1) is 0 Å². The lowest BCUT2D eigenvalue weighted by molar-refractivity contribution is 0.276. The number of aliphatic hydroxyl groups is 1. The predicted molar refractivity (Wildman–Crippen MR) is 50.0 cm³/mol. The fourth-order valence-corrected chi connectivity index (χ4v) is 1.42. The van der Waals surface area contributed by atoms with Crippen LogP contribution < -0.4 is 5.56 Å². The van der Waals surface area contributed by atoms with Gasteiger partial charge in [-0.05, 0) is 6.92 Å². The van der Waals surface area contributed by atoms with E-state index in [1.54, 1.807) is 11.5 Å². The highest BCUT2D eigenvalue weighted by Gasteiger charge is 2.09. The second-order valence-corrected chi connectivity index (χ2v) is 2.94. The maximum absolute atomic E-state index is 11.3. The van der Waals surface area contributed by atoms with Crippen LogP contribution in [0.2, 0.25) is 0 Å². The summed E-state index contributed by atoms with van der Waals surface area (Å²) in [7, 11) is 0. The van der Waals surface area contributed by atoms with Gasteiger partial charge in [0.25, 0.3) is 5.56 Å². The second-order valence-electron chi connectivity index (χ2n) is 2.94. The van der Waals surface area contributed by atoms with E-state index < -0.39 is 0 Å². The number of aliphatic hydroxyl groups excluding tert-OH is 1.